The number of ether oxygens (including phenoxy) is 1. The molecule has 2 aromatic rings. The Morgan fingerprint density at radius 3 is 2.84 bits per heavy atom. The summed E-state index contributed by atoms with van der Waals surface area (Å²) < 4.78 is 5.69. The summed E-state index contributed by atoms with van der Waals surface area (Å²) in [5.41, 5.74) is 2.09. The average Bonchev–Trinajstić information content (AvgIpc) is 2.91. The number of nitrogens with zero attached hydrogens (tertiary/aromatic N) is 2. The molecule has 102 valence electrons. The van der Waals surface area contributed by atoms with Gasteiger partial charge < -0.3 is 4.74 Å². The summed E-state index contributed by atoms with van der Waals surface area (Å²) in [5.74, 6) is 1.23. The number of aromatic nitrogens is 3. The Bertz CT molecular complexity index is 513. The number of hydrogen-bond donors (Lipinski definition) is 1. The van der Waals surface area contributed by atoms with Crippen molar-refractivity contribution in [2.24, 2.45) is 0 Å². The number of hydrogen-bond acceptors (Lipinski definition) is 3. The van der Waals surface area contributed by atoms with Gasteiger partial charge in [0.05, 0.1) is 18.5 Å². The summed E-state index contributed by atoms with van der Waals surface area (Å²) >= 11 is 6.11. The highest BCUT2D eigenvalue weighted by molar-refractivity contribution is 6.30. The summed E-state index contributed by atoms with van der Waals surface area (Å²) in [6.45, 7) is 4.79. The van der Waals surface area contributed by atoms with Crippen molar-refractivity contribution in [1.29, 1.82) is 0 Å². The second-order valence-electron chi connectivity index (χ2n) is 4.39. The quantitative estimate of drug-likeness (QED) is 0.879. The standard InChI is InChI=1S/C14H18ClN3O/c1-3-10(7-12-9-16-18-17-12)13-8-11(15)5-6-14(13)19-4-2/h5-6,8-10H,3-4,7H2,1-2H3,(H,16,17,18). The van der Waals surface area contributed by atoms with Crippen LogP contribution in [0.1, 0.15) is 37.4 Å². The van der Waals surface area contributed by atoms with Gasteiger partial charge in [0, 0.05) is 11.4 Å². The highest BCUT2D eigenvalue weighted by atomic mass is 35.5. The molecule has 19 heavy (non-hydrogen) atoms. The fraction of sp³-hybridized carbons (Fsp3) is 0.429. The van der Waals surface area contributed by atoms with Crippen LogP contribution < -0.4 is 4.74 Å². The lowest BCUT2D eigenvalue weighted by Crippen LogP contribution is -2.06. The van der Waals surface area contributed by atoms with Gasteiger partial charge in [-0.05, 0) is 43.0 Å². The first-order valence-electron chi connectivity index (χ1n) is 6.51. The number of H-pyrrole nitrogens is 1. The van der Waals surface area contributed by atoms with Crippen LogP contribution in [0.5, 0.6) is 5.75 Å². The molecule has 0 fully saturated rings. The Labute approximate surface area is 118 Å². The fourth-order valence-electron chi connectivity index (χ4n) is 2.18. The van der Waals surface area contributed by atoms with Crippen molar-refractivity contribution in [2.75, 3.05) is 6.61 Å². The van der Waals surface area contributed by atoms with E-state index in [-0.39, 0.29) is 0 Å². The van der Waals surface area contributed by atoms with Gasteiger partial charge in [-0.25, -0.2) is 0 Å². The maximum Gasteiger partial charge on any atom is 0.122 e. The van der Waals surface area contributed by atoms with Crippen LogP contribution in [0.25, 0.3) is 0 Å². The molecule has 5 heteroatoms. The van der Waals surface area contributed by atoms with Gasteiger partial charge in [0.15, 0.2) is 0 Å². The van der Waals surface area contributed by atoms with Crippen LogP contribution in [-0.2, 0) is 6.42 Å². The van der Waals surface area contributed by atoms with Gasteiger partial charge in [0.2, 0.25) is 0 Å². The SMILES string of the molecule is CCOc1ccc(Cl)cc1C(CC)Cc1cn[nH]n1. The first kappa shape index (κ1) is 13.9. The average molecular weight is 280 g/mol. The van der Waals surface area contributed by atoms with E-state index in [1.54, 1.807) is 6.20 Å². The maximum atomic E-state index is 6.11. The minimum absolute atomic E-state index is 0.324. The molecule has 0 radical (unpaired) electrons. The van der Waals surface area contributed by atoms with Crippen LogP contribution >= 0.6 is 11.6 Å². The molecular formula is C14H18ClN3O. The number of nitrogens with one attached hydrogen (secondary N) is 1. The minimum Gasteiger partial charge on any atom is -0.494 e. The predicted molar refractivity (Wildman–Crippen MR) is 75.7 cm³/mol. The van der Waals surface area contributed by atoms with Crippen molar-refractivity contribution >= 4 is 11.6 Å². The second kappa shape index (κ2) is 6.57. The van der Waals surface area contributed by atoms with Crippen molar-refractivity contribution in [1.82, 2.24) is 15.4 Å². The Balaban J connectivity index is 2.28. The summed E-state index contributed by atoms with van der Waals surface area (Å²) in [6.07, 6.45) is 3.58. The van der Waals surface area contributed by atoms with Gasteiger partial charge in [-0.1, -0.05) is 18.5 Å². The monoisotopic (exact) mass is 279 g/mol. The highest BCUT2D eigenvalue weighted by Gasteiger charge is 2.17. The Hall–Kier alpha value is -1.55. The summed E-state index contributed by atoms with van der Waals surface area (Å²) in [4.78, 5) is 0. The van der Waals surface area contributed by atoms with Gasteiger partial charge in [-0.3, -0.25) is 0 Å². The number of halogens is 1. The molecule has 0 amide bonds. The first-order valence-corrected chi connectivity index (χ1v) is 6.89. The second-order valence-corrected chi connectivity index (χ2v) is 4.82. The molecule has 2 rings (SSSR count). The van der Waals surface area contributed by atoms with Crippen molar-refractivity contribution in [3.8, 4) is 5.75 Å². The van der Waals surface area contributed by atoms with Crippen LogP contribution in [-0.4, -0.2) is 22.0 Å². The van der Waals surface area contributed by atoms with Gasteiger partial charge >= 0.3 is 0 Å². The lowest BCUT2D eigenvalue weighted by Gasteiger charge is -2.18. The molecule has 1 atom stereocenters. The van der Waals surface area contributed by atoms with Gasteiger partial charge in [0.1, 0.15) is 5.75 Å². The molecule has 0 saturated heterocycles. The predicted octanol–water partition coefficient (Wildman–Crippen LogP) is 3.59. The van der Waals surface area contributed by atoms with E-state index < -0.39 is 0 Å². The highest BCUT2D eigenvalue weighted by Crippen LogP contribution is 2.33. The molecule has 0 spiro atoms. The van der Waals surface area contributed by atoms with Crippen molar-refractivity contribution in [2.45, 2.75) is 32.6 Å². The van der Waals surface area contributed by atoms with Gasteiger partial charge in [0.25, 0.3) is 0 Å². The third-order valence-electron chi connectivity index (χ3n) is 3.12. The number of rotatable bonds is 6. The van der Waals surface area contributed by atoms with Crippen LogP contribution in [0.15, 0.2) is 24.4 Å². The van der Waals surface area contributed by atoms with E-state index in [4.69, 9.17) is 16.3 Å². The molecule has 0 aliphatic carbocycles. The molecule has 0 saturated carbocycles. The number of aromatic amines is 1. The topological polar surface area (TPSA) is 50.8 Å². The third-order valence-corrected chi connectivity index (χ3v) is 3.36. The fourth-order valence-corrected chi connectivity index (χ4v) is 2.36. The smallest absolute Gasteiger partial charge is 0.122 e. The molecule has 0 bridgehead atoms. The Morgan fingerprint density at radius 1 is 1.37 bits per heavy atom. The molecule has 1 N–H and O–H groups in total. The van der Waals surface area contributed by atoms with E-state index in [2.05, 4.69) is 22.3 Å². The molecule has 0 aliphatic heterocycles. The minimum atomic E-state index is 0.324. The van der Waals surface area contributed by atoms with Crippen LogP contribution in [0.2, 0.25) is 5.02 Å². The van der Waals surface area contributed by atoms with Crippen LogP contribution in [0.3, 0.4) is 0 Å². The van der Waals surface area contributed by atoms with Crippen molar-refractivity contribution in [3.05, 3.63) is 40.7 Å². The zero-order valence-corrected chi connectivity index (χ0v) is 11.9. The van der Waals surface area contributed by atoms with E-state index in [9.17, 15) is 0 Å². The molecular weight excluding hydrogens is 262 g/mol. The zero-order chi connectivity index (χ0) is 13.7. The van der Waals surface area contributed by atoms with E-state index >= 15 is 0 Å². The van der Waals surface area contributed by atoms with E-state index in [1.165, 1.54) is 0 Å². The normalized spacial score (nSPS) is 12.4. The van der Waals surface area contributed by atoms with E-state index in [1.807, 2.05) is 25.1 Å². The van der Waals surface area contributed by atoms with Crippen molar-refractivity contribution < 1.29 is 4.74 Å². The summed E-state index contributed by atoms with van der Waals surface area (Å²) in [5, 5.41) is 11.3. The van der Waals surface area contributed by atoms with Gasteiger partial charge in [-0.15, -0.1) is 0 Å². The maximum absolute atomic E-state index is 6.11. The molecule has 1 aromatic carbocycles. The van der Waals surface area contributed by atoms with Crippen LogP contribution in [0, 0.1) is 0 Å². The summed E-state index contributed by atoms with van der Waals surface area (Å²) in [7, 11) is 0. The molecule has 1 unspecified atom stereocenters. The van der Waals surface area contributed by atoms with E-state index in [0.29, 0.717) is 12.5 Å². The number of benzene rings is 1. The van der Waals surface area contributed by atoms with Gasteiger partial charge in [-0.2, -0.15) is 15.4 Å². The van der Waals surface area contributed by atoms with Crippen LogP contribution in [0.4, 0.5) is 0 Å². The molecule has 4 nitrogen and oxygen atoms in total. The first-order chi connectivity index (χ1) is 9.24. The lowest BCUT2D eigenvalue weighted by molar-refractivity contribution is 0.333. The summed E-state index contributed by atoms with van der Waals surface area (Å²) in [6, 6.07) is 5.78. The zero-order valence-electron chi connectivity index (χ0n) is 11.2. The Morgan fingerprint density at radius 2 is 2.21 bits per heavy atom. The third kappa shape index (κ3) is 3.47. The van der Waals surface area contributed by atoms with E-state index in [0.717, 1.165) is 34.9 Å². The van der Waals surface area contributed by atoms with Crippen molar-refractivity contribution in [3.63, 3.8) is 0 Å². The lowest BCUT2D eigenvalue weighted by atomic mass is 9.91. The Kier molecular flexibility index (Phi) is 4.80. The molecule has 1 aromatic heterocycles. The molecule has 1 heterocycles. The largest absolute Gasteiger partial charge is 0.494 e. The molecule has 0 aliphatic rings.